The van der Waals surface area contributed by atoms with Gasteiger partial charge in [0.05, 0.1) is 6.61 Å². The van der Waals surface area contributed by atoms with Crippen molar-refractivity contribution in [1.82, 2.24) is 5.32 Å². The number of nitrogens with one attached hydrogen (secondary N) is 1. The molecular formula is C13H27NO. The smallest absolute Gasteiger partial charge is 0.0509 e. The molecule has 1 N–H and O–H groups in total. The molecule has 0 heterocycles. The van der Waals surface area contributed by atoms with Crippen molar-refractivity contribution in [2.75, 3.05) is 19.8 Å². The SMILES string of the molecule is CC(C)NCC(COCC1CC1)C(C)C. The van der Waals surface area contributed by atoms with Gasteiger partial charge in [-0.1, -0.05) is 27.7 Å². The number of hydrogen-bond acceptors (Lipinski definition) is 2. The summed E-state index contributed by atoms with van der Waals surface area (Å²) >= 11 is 0. The maximum Gasteiger partial charge on any atom is 0.0509 e. The molecule has 0 saturated heterocycles. The first-order valence-corrected chi connectivity index (χ1v) is 6.40. The zero-order valence-electron chi connectivity index (χ0n) is 10.8. The molecule has 1 saturated carbocycles. The molecule has 0 aromatic heterocycles. The number of hydrogen-bond donors (Lipinski definition) is 1. The number of rotatable bonds is 8. The summed E-state index contributed by atoms with van der Waals surface area (Å²) in [4.78, 5) is 0. The van der Waals surface area contributed by atoms with E-state index in [-0.39, 0.29) is 0 Å². The molecule has 1 aliphatic rings. The van der Waals surface area contributed by atoms with Crippen LogP contribution in [-0.2, 0) is 4.74 Å². The normalized spacial score (nSPS) is 18.8. The van der Waals surface area contributed by atoms with E-state index in [2.05, 4.69) is 33.0 Å². The minimum absolute atomic E-state index is 0.578. The zero-order valence-corrected chi connectivity index (χ0v) is 10.8. The Morgan fingerprint density at radius 1 is 1.20 bits per heavy atom. The zero-order chi connectivity index (χ0) is 11.3. The van der Waals surface area contributed by atoms with Crippen LogP contribution in [0.25, 0.3) is 0 Å². The lowest BCUT2D eigenvalue weighted by Crippen LogP contribution is -2.33. The molecule has 1 unspecified atom stereocenters. The van der Waals surface area contributed by atoms with Crippen molar-refractivity contribution in [1.29, 1.82) is 0 Å². The van der Waals surface area contributed by atoms with Crippen molar-refractivity contribution in [2.45, 2.75) is 46.6 Å². The molecular weight excluding hydrogens is 186 g/mol. The van der Waals surface area contributed by atoms with Crippen LogP contribution in [0.5, 0.6) is 0 Å². The van der Waals surface area contributed by atoms with Gasteiger partial charge in [-0.05, 0) is 30.6 Å². The highest BCUT2D eigenvalue weighted by Crippen LogP contribution is 2.29. The van der Waals surface area contributed by atoms with Gasteiger partial charge in [-0.2, -0.15) is 0 Å². The fraction of sp³-hybridized carbons (Fsp3) is 1.00. The summed E-state index contributed by atoms with van der Waals surface area (Å²) in [5, 5.41) is 3.50. The summed E-state index contributed by atoms with van der Waals surface area (Å²) in [5.74, 6) is 2.25. The quantitative estimate of drug-likeness (QED) is 0.669. The van der Waals surface area contributed by atoms with E-state index >= 15 is 0 Å². The Labute approximate surface area is 94.8 Å². The third-order valence-electron chi connectivity index (χ3n) is 3.11. The molecule has 90 valence electrons. The molecule has 15 heavy (non-hydrogen) atoms. The first-order valence-electron chi connectivity index (χ1n) is 6.40. The largest absolute Gasteiger partial charge is 0.381 e. The van der Waals surface area contributed by atoms with Crippen molar-refractivity contribution in [2.24, 2.45) is 17.8 Å². The van der Waals surface area contributed by atoms with Gasteiger partial charge in [0.15, 0.2) is 0 Å². The van der Waals surface area contributed by atoms with Gasteiger partial charge in [0.1, 0.15) is 0 Å². The van der Waals surface area contributed by atoms with E-state index in [1.165, 1.54) is 12.8 Å². The Kier molecular flexibility index (Phi) is 5.62. The molecule has 0 bridgehead atoms. The lowest BCUT2D eigenvalue weighted by molar-refractivity contribution is 0.0748. The molecule has 2 nitrogen and oxygen atoms in total. The summed E-state index contributed by atoms with van der Waals surface area (Å²) < 4.78 is 5.77. The fourth-order valence-electron chi connectivity index (χ4n) is 1.54. The highest BCUT2D eigenvalue weighted by atomic mass is 16.5. The lowest BCUT2D eigenvalue weighted by Gasteiger charge is -2.22. The summed E-state index contributed by atoms with van der Waals surface area (Å²) in [7, 11) is 0. The minimum Gasteiger partial charge on any atom is -0.381 e. The topological polar surface area (TPSA) is 21.3 Å². The fourth-order valence-corrected chi connectivity index (χ4v) is 1.54. The minimum atomic E-state index is 0.578. The van der Waals surface area contributed by atoms with Crippen LogP contribution in [-0.4, -0.2) is 25.8 Å². The molecule has 1 aliphatic carbocycles. The summed E-state index contributed by atoms with van der Waals surface area (Å²) in [5.41, 5.74) is 0. The van der Waals surface area contributed by atoms with Gasteiger partial charge in [-0.15, -0.1) is 0 Å². The molecule has 0 amide bonds. The van der Waals surface area contributed by atoms with Crippen LogP contribution in [0.15, 0.2) is 0 Å². The summed E-state index contributed by atoms with van der Waals surface area (Å²) in [6.45, 7) is 12.0. The molecule has 0 aliphatic heterocycles. The van der Waals surface area contributed by atoms with Crippen LogP contribution in [0, 0.1) is 17.8 Å². The van der Waals surface area contributed by atoms with Gasteiger partial charge >= 0.3 is 0 Å². The highest BCUT2D eigenvalue weighted by Gasteiger charge is 2.22. The first-order chi connectivity index (χ1) is 7.09. The first kappa shape index (κ1) is 13.0. The van der Waals surface area contributed by atoms with Crippen molar-refractivity contribution < 1.29 is 4.74 Å². The van der Waals surface area contributed by atoms with Crippen LogP contribution in [0.1, 0.15) is 40.5 Å². The van der Waals surface area contributed by atoms with Gasteiger partial charge in [0, 0.05) is 19.2 Å². The highest BCUT2D eigenvalue weighted by molar-refractivity contribution is 4.73. The van der Waals surface area contributed by atoms with E-state index in [1.54, 1.807) is 0 Å². The van der Waals surface area contributed by atoms with Crippen LogP contribution >= 0.6 is 0 Å². The molecule has 1 atom stereocenters. The Morgan fingerprint density at radius 3 is 2.33 bits per heavy atom. The maximum atomic E-state index is 5.77. The monoisotopic (exact) mass is 213 g/mol. The Hall–Kier alpha value is -0.0800. The Balaban J connectivity index is 2.10. The van der Waals surface area contributed by atoms with Crippen LogP contribution < -0.4 is 5.32 Å². The van der Waals surface area contributed by atoms with E-state index in [0.717, 1.165) is 25.7 Å². The van der Waals surface area contributed by atoms with E-state index in [9.17, 15) is 0 Å². The molecule has 1 fully saturated rings. The van der Waals surface area contributed by atoms with E-state index < -0.39 is 0 Å². The average Bonchev–Trinajstić information content (AvgIpc) is 2.93. The van der Waals surface area contributed by atoms with Gasteiger partial charge in [0.25, 0.3) is 0 Å². The Bertz CT molecular complexity index is 164. The Morgan fingerprint density at radius 2 is 1.87 bits per heavy atom. The van der Waals surface area contributed by atoms with Crippen molar-refractivity contribution >= 4 is 0 Å². The molecule has 0 radical (unpaired) electrons. The molecule has 2 heteroatoms. The summed E-state index contributed by atoms with van der Waals surface area (Å²) in [6, 6.07) is 0.578. The van der Waals surface area contributed by atoms with Gasteiger partial charge in [-0.25, -0.2) is 0 Å². The second-order valence-corrected chi connectivity index (χ2v) is 5.55. The van der Waals surface area contributed by atoms with Gasteiger partial charge in [0.2, 0.25) is 0 Å². The molecule has 0 aromatic carbocycles. The van der Waals surface area contributed by atoms with Crippen molar-refractivity contribution in [3.05, 3.63) is 0 Å². The predicted molar refractivity (Wildman–Crippen MR) is 65.0 cm³/mol. The van der Waals surface area contributed by atoms with Gasteiger partial charge in [-0.3, -0.25) is 0 Å². The van der Waals surface area contributed by atoms with Crippen molar-refractivity contribution in [3.63, 3.8) is 0 Å². The third kappa shape index (κ3) is 6.16. The second-order valence-electron chi connectivity index (χ2n) is 5.55. The maximum absolute atomic E-state index is 5.77. The molecule has 0 spiro atoms. The van der Waals surface area contributed by atoms with Crippen molar-refractivity contribution in [3.8, 4) is 0 Å². The second kappa shape index (κ2) is 6.49. The van der Waals surface area contributed by atoms with Crippen LogP contribution in [0.4, 0.5) is 0 Å². The summed E-state index contributed by atoms with van der Waals surface area (Å²) in [6.07, 6.45) is 2.77. The van der Waals surface area contributed by atoms with Crippen LogP contribution in [0.2, 0.25) is 0 Å². The van der Waals surface area contributed by atoms with Crippen LogP contribution in [0.3, 0.4) is 0 Å². The van der Waals surface area contributed by atoms with E-state index in [4.69, 9.17) is 4.74 Å². The van der Waals surface area contributed by atoms with E-state index in [0.29, 0.717) is 17.9 Å². The molecule has 0 aromatic rings. The standard InChI is InChI=1S/C13H27NO/c1-10(2)13(7-14-11(3)4)9-15-8-12-5-6-12/h10-14H,5-9H2,1-4H3. The van der Waals surface area contributed by atoms with E-state index in [1.807, 2.05) is 0 Å². The third-order valence-corrected chi connectivity index (χ3v) is 3.11. The predicted octanol–water partition coefficient (Wildman–Crippen LogP) is 2.68. The number of ether oxygens (including phenoxy) is 1. The molecule has 1 rings (SSSR count). The lowest BCUT2D eigenvalue weighted by atomic mass is 9.96. The average molecular weight is 213 g/mol. The van der Waals surface area contributed by atoms with Gasteiger partial charge < -0.3 is 10.1 Å².